The number of hydrogen-bond acceptors (Lipinski definition) is 12. The van der Waals surface area contributed by atoms with E-state index in [1.165, 1.54) is 58.8 Å². The number of carbonyl (C=O) groups is 3. The third-order valence-electron chi connectivity index (χ3n) is 7.98. The van der Waals surface area contributed by atoms with Gasteiger partial charge in [0, 0.05) is 40.0 Å². The number of isothiocyanates is 1. The first-order valence-electron chi connectivity index (χ1n) is 17.1. The van der Waals surface area contributed by atoms with E-state index in [1.807, 2.05) is 54.7 Å². The molecule has 0 saturated carbocycles. The van der Waals surface area contributed by atoms with E-state index in [0.29, 0.717) is 17.3 Å². The fraction of sp³-hybridized carbons (Fsp3) is 0.0732. The topological polar surface area (TPSA) is 252 Å². The summed E-state index contributed by atoms with van der Waals surface area (Å²) in [5, 5.41) is 44.4. The Kier molecular flexibility index (Phi) is 16.5. The predicted octanol–water partition coefficient (Wildman–Crippen LogP) is 7.60. The van der Waals surface area contributed by atoms with E-state index in [-0.39, 0.29) is 65.0 Å². The summed E-state index contributed by atoms with van der Waals surface area (Å²) < 4.78 is 0. The van der Waals surface area contributed by atoms with Gasteiger partial charge >= 0.3 is 37.4 Å². The molecular weight excluding hydrogens is 880 g/mol. The van der Waals surface area contributed by atoms with Crippen molar-refractivity contribution >= 4 is 52.7 Å². The van der Waals surface area contributed by atoms with Crippen LogP contribution in [-0.4, -0.2) is 74.4 Å². The van der Waals surface area contributed by atoms with Crippen LogP contribution in [0.1, 0.15) is 49.3 Å². The Bertz CT molecular complexity index is 2540. The molecule has 0 radical (unpaired) electrons. The van der Waals surface area contributed by atoms with Crippen molar-refractivity contribution in [3.05, 3.63) is 143 Å². The van der Waals surface area contributed by atoms with Crippen molar-refractivity contribution in [1.29, 1.82) is 0 Å². The number of carboxylic acid groups (broad SMARTS) is 3. The quantitative estimate of drug-likeness (QED) is 0.0554. The third kappa shape index (κ3) is 12.3. The Morgan fingerprint density at radius 3 is 1.88 bits per heavy atom. The molecule has 0 aliphatic carbocycles. The van der Waals surface area contributed by atoms with Gasteiger partial charge in [-0.05, 0) is 84.5 Å². The largest absolute Gasteiger partial charge is 2.00 e. The van der Waals surface area contributed by atoms with E-state index in [0.717, 1.165) is 22.4 Å². The fourth-order valence-electron chi connectivity index (χ4n) is 5.01. The maximum atomic E-state index is 11.5. The van der Waals surface area contributed by atoms with Crippen LogP contribution < -0.4 is 10.8 Å². The first-order chi connectivity index (χ1) is 28.0. The average Bonchev–Trinajstić information content (AvgIpc) is 3.95. The minimum atomic E-state index is -1.23. The van der Waals surface area contributed by atoms with Gasteiger partial charge in [0.2, 0.25) is 0 Å². The van der Waals surface area contributed by atoms with Crippen LogP contribution in [0.5, 0.6) is 0 Å². The molecule has 15 nitrogen and oxygen atoms in total. The van der Waals surface area contributed by atoms with Crippen LogP contribution in [0, 0.1) is 0 Å². The zero-order chi connectivity index (χ0) is 41.6. The van der Waals surface area contributed by atoms with Crippen molar-refractivity contribution < 1.29 is 49.2 Å². The minimum Gasteiger partial charge on any atom is -0.753 e. The number of nitrogens with zero attached hydrogens (tertiary/aromatic N) is 8. The van der Waals surface area contributed by atoms with Crippen LogP contribution in [0.3, 0.4) is 0 Å². The van der Waals surface area contributed by atoms with Gasteiger partial charge in [0.1, 0.15) is 0 Å². The number of rotatable bonds is 11. The Morgan fingerprint density at radius 2 is 1.36 bits per heavy atom. The molecule has 6 heterocycles. The number of aromatic carboxylic acids is 3. The molecule has 0 aliphatic heterocycles. The number of benzene rings is 1. The Labute approximate surface area is 359 Å². The second-order valence-electron chi connectivity index (χ2n) is 11.9. The predicted molar refractivity (Wildman–Crippen MR) is 222 cm³/mol. The molecule has 0 bridgehead atoms. The smallest absolute Gasteiger partial charge is 0.753 e. The van der Waals surface area contributed by atoms with Crippen molar-refractivity contribution in [1.82, 2.24) is 35.1 Å². The molecule has 296 valence electrons. The summed E-state index contributed by atoms with van der Waals surface area (Å²) in [6.45, 7) is 2.08. The molecule has 7 aromatic rings. The molecule has 0 saturated heterocycles. The molecule has 1 aromatic carbocycles. The summed E-state index contributed by atoms with van der Waals surface area (Å²) in [5.41, 5.74) is 9.04. The molecule has 0 fully saturated rings. The van der Waals surface area contributed by atoms with Gasteiger partial charge in [-0.2, -0.15) is 5.16 Å². The van der Waals surface area contributed by atoms with E-state index >= 15 is 0 Å². The first-order valence-corrected chi connectivity index (χ1v) is 18.3. The van der Waals surface area contributed by atoms with Gasteiger partial charge in [0.05, 0.1) is 51.0 Å². The van der Waals surface area contributed by atoms with E-state index in [9.17, 15) is 19.5 Å². The van der Waals surface area contributed by atoms with Crippen molar-refractivity contribution in [2.45, 2.75) is 19.4 Å². The Hall–Kier alpha value is -6.81. The van der Waals surface area contributed by atoms with E-state index in [4.69, 9.17) is 21.4 Å². The van der Waals surface area contributed by atoms with Crippen molar-refractivity contribution in [2.24, 2.45) is 5.73 Å². The Balaban J connectivity index is 0.000000241. The minimum absolute atomic E-state index is 0. The SMILES string of the molecule is CCC(N)/C=C/c1ccc(-c2ccc(-c3nc(-c4ccccc4)n[n-]3)nc2)s1.O=C(O)c1ccnc(-c2cc(C(=O)O)cc(-c3cc(C(=O)O)ccn3)n2)c1.[N-]=C=S.[Ru+2]. The molecule has 1 atom stereocenters. The van der Waals surface area contributed by atoms with Crippen LogP contribution >= 0.6 is 23.6 Å². The third-order valence-corrected chi connectivity index (χ3v) is 9.08. The molecule has 7 rings (SSSR count). The van der Waals surface area contributed by atoms with Gasteiger partial charge in [0.15, 0.2) is 0 Å². The molecule has 6 aromatic heterocycles. The van der Waals surface area contributed by atoms with E-state index < -0.39 is 17.9 Å². The van der Waals surface area contributed by atoms with Gasteiger partial charge in [0.25, 0.3) is 0 Å². The zero-order valence-electron chi connectivity index (χ0n) is 30.7. The number of carboxylic acids is 3. The molecule has 0 spiro atoms. The van der Waals surface area contributed by atoms with Crippen LogP contribution in [0.15, 0.2) is 116 Å². The van der Waals surface area contributed by atoms with Gasteiger partial charge in [-0.15, -0.1) is 11.3 Å². The second-order valence-corrected chi connectivity index (χ2v) is 13.2. The number of pyridine rings is 4. The van der Waals surface area contributed by atoms with Gasteiger partial charge in [-0.3, -0.25) is 20.1 Å². The maximum absolute atomic E-state index is 11.5. The summed E-state index contributed by atoms with van der Waals surface area (Å²) in [6, 6.07) is 25.7. The van der Waals surface area contributed by atoms with Crippen LogP contribution in [0.2, 0.25) is 0 Å². The molecule has 1 unspecified atom stereocenters. The van der Waals surface area contributed by atoms with E-state index in [1.54, 1.807) is 11.3 Å². The second kappa shape index (κ2) is 21.6. The maximum Gasteiger partial charge on any atom is 2.00 e. The molecular formula is C41H31N9O6RuS2. The van der Waals surface area contributed by atoms with Gasteiger partial charge in [-0.25, -0.2) is 19.4 Å². The monoisotopic (exact) mass is 911 g/mol. The first kappa shape index (κ1) is 44.9. The van der Waals surface area contributed by atoms with Crippen LogP contribution in [-0.2, 0) is 19.5 Å². The molecule has 59 heavy (non-hydrogen) atoms. The van der Waals surface area contributed by atoms with Gasteiger partial charge < -0.3 is 36.5 Å². The molecule has 5 N–H and O–H groups in total. The number of thiophene rings is 1. The Morgan fingerprint density at radius 1 is 0.780 bits per heavy atom. The number of aromatic nitrogens is 7. The van der Waals surface area contributed by atoms with E-state index in [2.05, 4.69) is 72.5 Å². The normalized spacial score (nSPS) is 10.8. The standard InChI is InChI=1S/C22H20N5S.C18H11N3O6.CNS.Ru/c1-2-17(23)9-10-18-11-13-20(28-18)16-8-12-19(24-14-16)22-25-21(26-27-22)15-6-4-3-5-7-15;22-16(23)9-1-3-19-12(5-9)14-7-11(18(26)27)8-15(21-14)13-6-10(17(24)25)2-4-20-13;2-1-3;/h3-14,17H,2,23H2,1H3;1-8H,(H,22,23)(H,24,25)(H,26,27);;/q-1;;-1;+2/b10-9+;;;. The summed E-state index contributed by atoms with van der Waals surface area (Å²) in [4.78, 5) is 57.5. The van der Waals surface area contributed by atoms with Gasteiger partial charge in [-0.1, -0.05) is 55.5 Å². The van der Waals surface area contributed by atoms with Crippen LogP contribution in [0.25, 0.3) is 67.6 Å². The summed E-state index contributed by atoms with van der Waals surface area (Å²) in [5.74, 6) is -2.41. The number of nitrogens with two attached hydrogens (primary N) is 1. The summed E-state index contributed by atoms with van der Waals surface area (Å²) >= 11 is 5.41. The van der Waals surface area contributed by atoms with Crippen LogP contribution in [0.4, 0.5) is 0 Å². The number of hydrogen-bond donors (Lipinski definition) is 4. The number of thiocarbonyl (C=S) groups is 1. The zero-order valence-corrected chi connectivity index (χ0v) is 34.1. The van der Waals surface area contributed by atoms with Crippen molar-refractivity contribution in [3.63, 3.8) is 0 Å². The molecule has 0 amide bonds. The fourth-order valence-corrected chi connectivity index (χ4v) is 5.92. The molecule has 0 aliphatic rings. The summed E-state index contributed by atoms with van der Waals surface area (Å²) in [6.07, 6.45) is 9.46. The average molecular weight is 911 g/mol. The molecule has 18 heteroatoms. The summed E-state index contributed by atoms with van der Waals surface area (Å²) in [7, 11) is 0. The van der Waals surface area contributed by atoms with Crippen molar-refractivity contribution in [3.8, 4) is 56.1 Å². The van der Waals surface area contributed by atoms with Crippen molar-refractivity contribution in [2.75, 3.05) is 0 Å².